The number of halogens is 2. The van der Waals surface area contributed by atoms with Crippen molar-refractivity contribution in [1.82, 2.24) is 0 Å². The normalized spacial score (nSPS) is 14.4. The van der Waals surface area contributed by atoms with Crippen LogP contribution in [0.2, 0.25) is 5.02 Å². The third-order valence-corrected chi connectivity index (χ3v) is 6.96. The zero-order chi connectivity index (χ0) is 22.9. The molecule has 0 spiro atoms. The third-order valence-electron chi connectivity index (χ3n) is 4.86. The summed E-state index contributed by atoms with van der Waals surface area (Å²) in [5.74, 6) is -1.40. The summed E-state index contributed by atoms with van der Waals surface area (Å²) >= 11 is 6.15. The fraction of sp³-hybridized carbons (Fsp3) is 0.0909. The molecule has 0 radical (unpaired) electrons. The highest BCUT2D eigenvalue weighted by Gasteiger charge is 2.32. The number of amides is 2. The third kappa shape index (κ3) is 4.58. The summed E-state index contributed by atoms with van der Waals surface area (Å²) < 4.78 is 38.1. The molecule has 2 amide bonds. The van der Waals surface area contributed by atoms with E-state index in [-0.39, 0.29) is 22.0 Å². The molecule has 32 heavy (non-hydrogen) atoms. The van der Waals surface area contributed by atoms with Gasteiger partial charge in [0.05, 0.1) is 22.2 Å². The van der Waals surface area contributed by atoms with Gasteiger partial charge in [0, 0.05) is 23.4 Å². The van der Waals surface area contributed by atoms with Crippen LogP contribution in [0.15, 0.2) is 66.7 Å². The highest BCUT2D eigenvalue weighted by atomic mass is 35.5. The first kappa shape index (κ1) is 21.8. The van der Waals surface area contributed by atoms with E-state index in [9.17, 15) is 22.4 Å². The van der Waals surface area contributed by atoms with E-state index >= 15 is 0 Å². The maximum atomic E-state index is 13.4. The summed E-state index contributed by atoms with van der Waals surface area (Å²) in [7, 11) is -3.23. The first-order valence-corrected chi connectivity index (χ1v) is 11.5. The maximum Gasteiger partial charge on any atom is 0.255 e. The van der Waals surface area contributed by atoms with Crippen molar-refractivity contribution < 1.29 is 22.4 Å². The minimum Gasteiger partial charge on any atom is -0.322 e. The number of carbonyl (C=O) groups excluding carboxylic acids is 2. The van der Waals surface area contributed by atoms with E-state index in [4.69, 9.17) is 11.6 Å². The molecule has 0 saturated carbocycles. The quantitative estimate of drug-likeness (QED) is 0.582. The number of hydrogen-bond acceptors (Lipinski definition) is 4. The number of anilines is 3. The van der Waals surface area contributed by atoms with Gasteiger partial charge in [0.2, 0.25) is 10.0 Å². The summed E-state index contributed by atoms with van der Waals surface area (Å²) in [4.78, 5) is 24.9. The smallest absolute Gasteiger partial charge is 0.255 e. The highest BCUT2D eigenvalue weighted by Crippen LogP contribution is 2.27. The first-order valence-electron chi connectivity index (χ1n) is 9.51. The van der Waals surface area contributed by atoms with E-state index in [2.05, 4.69) is 10.6 Å². The summed E-state index contributed by atoms with van der Waals surface area (Å²) in [5, 5.41) is 5.54. The summed E-state index contributed by atoms with van der Waals surface area (Å²) in [5.41, 5.74) is 1.58. The Hall–Kier alpha value is -3.43. The van der Waals surface area contributed by atoms with Crippen molar-refractivity contribution in [2.75, 3.05) is 27.2 Å². The van der Waals surface area contributed by atoms with E-state index in [1.807, 2.05) is 0 Å². The molecular weight excluding hydrogens is 457 g/mol. The van der Waals surface area contributed by atoms with E-state index in [1.54, 1.807) is 18.2 Å². The Kier molecular flexibility index (Phi) is 5.86. The number of nitrogens with one attached hydrogen (secondary N) is 2. The number of benzene rings is 3. The summed E-state index contributed by atoms with van der Waals surface area (Å²) in [6.45, 7) is 0.419. The van der Waals surface area contributed by atoms with Crippen LogP contribution >= 0.6 is 11.6 Å². The zero-order valence-corrected chi connectivity index (χ0v) is 18.1. The molecular formula is C22H17ClFN3O4S. The molecule has 0 atom stereocenters. The lowest BCUT2D eigenvalue weighted by Gasteiger charge is -2.32. The topological polar surface area (TPSA) is 95.6 Å². The molecule has 1 heterocycles. The van der Waals surface area contributed by atoms with Gasteiger partial charge in [-0.1, -0.05) is 17.7 Å². The van der Waals surface area contributed by atoms with Gasteiger partial charge in [-0.3, -0.25) is 13.9 Å². The van der Waals surface area contributed by atoms with Crippen molar-refractivity contribution in [2.45, 2.75) is 0 Å². The lowest BCUT2D eigenvalue weighted by molar-refractivity contribution is 0.101. The maximum absolute atomic E-state index is 13.4. The molecule has 1 saturated heterocycles. The molecule has 1 aliphatic rings. The van der Waals surface area contributed by atoms with E-state index < -0.39 is 27.7 Å². The molecule has 2 N–H and O–H groups in total. The average molecular weight is 474 g/mol. The van der Waals surface area contributed by atoms with Gasteiger partial charge >= 0.3 is 0 Å². The number of nitrogens with zero attached hydrogens (tertiary/aromatic N) is 1. The molecule has 7 nitrogen and oxygen atoms in total. The van der Waals surface area contributed by atoms with E-state index in [1.165, 1.54) is 46.8 Å². The minimum absolute atomic E-state index is 0.115. The van der Waals surface area contributed by atoms with E-state index in [0.29, 0.717) is 23.5 Å². The van der Waals surface area contributed by atoms with Crippen LogP contribution < -0.4 is 14.9 Å². The first-order chi connectivity index (χ1) is 15.2. The van der Waals surface area contributed by atoms with Crippen LogP contribution in [-0.4, -0.2) is 32.5 Å². The van der Waals surface area contributed by atoms with Crippen molar-refractivity contribution in [3.8, 4) is 0 Å². The standard InChI is InChI=1S/C22H17ClFN3O4S/c23-19-9-6-17(13-20(19)26-22(29)15-2-1-3-16(24)12-15)25-21(28)14-4-7-18(8-5-14)27-10-11-32(27,30)31/h1-9,12-13H,10-11H2,(H,25,28)(H,26,29). The molecule has 3 aromatic rings. The lowest BCUT2D eigenvalue weighted by Crippen LogP contribution is -2.47. The van der Waals surface area contributed by atoms with Crippen molar-refractivity contribution in [3.05, 3.63) is 88.7 Å². The Morgan fingerprint density at radius 3 is 2.25 bits per heavy atom. The highest BCUT2D eigenvalue weighted by molar-refractivity contribution is 7.94. The van der Waals surface area contributed by atoms with Gasteiger partial charge in [0.1, 0.15) is 5.82 Å². The van der Waals surface area contributed by atoms with Gasteiger partial charge in [0.15, 0.2) is 0 Å². The molecule has 4 rings (SSSR count). The van der Waals surface area contributed by atoms with Crippen LogP contribution in [0.1, 0.15) is 20.7 Å². The Balaban J connectivity index is 1.46. The minimum atomic E-state index is -3.23. The number of carbonyl (C=O) groups is 2. The number of sulfonamides is 1. The molecule has 0 unspecified atom stereocenters. The zero-order valence-electron chi connectivity index (χ0n) is 16.5. The second-order valence-electron chi connectivity index (χ2n) is 7.05. The summed E-state index contributed by atoms with van der Waals surface area (Å²) in [6, 6.07) is 16.0. The van der Waals surface area contributed by atoms with Crippen molar-refractivity contribution in [1.29, 1.82) is 0 Å². The molecule has 0 aromatic heterocycles. The van der Waals surface area contributed by atoms with Crippen LogP contribution in [-0.2, 0) is 10.0 Å². The molecule has 164 valence electrons. The molecule has 3 aromatic carbocycles. The Morgan fingerprint density at radius 1 is 0.906 bits per heavy atom. The van der Waals surface area contributed by atoms with Crippen LogP contribution in [0.4, 0.5) is 21.5 Å². The van der Waals surface area contributed by atoms with Crippen molar-refractivity contribution in [2.24, 2.45) is 0 Å². The van der Waals surface area contributed by atoms with Gasteiger partial charge in [0.25, 0.3) is 11.8 Å². The molecule has 1 fully saturated rings. The van der Waals surface area contributed by atoms with Gasteiger partial charge in [-0.05, 0) is 60.7 Å². The SMILES string of the molecule is O=C(Nc1ccc(Cl)c(NC(=O)c2cccc(F)c2)c1)c1ccc(N2CCS2(=O)=O)cc1. The summed E-state index contributed by atoms with van der Waals surface area (Å²) in [6.07, 6.45) is 0. The monoisotopic (exact) mass is 473 g/mol. The second kappa shape index (κ2) is 8.60. The van der Waals surface area contributed by atoms with Gasteiger partial charge in [-0.15, -0.1) is 0 Å². The van der Waals surface area contributed by atoms with Crippen LogP contribution in [0.3, 0.4) is 0 Å². The largest absolute Gasteiger partial charge is 0.322 e. The number of rotatable bonds is 5. The van der Waals surface area contributed by atoms with Crippen LogP contribution in [0.5, 0.6) is 0 Å². The Labute approximate surface area is 188 Å². The van der Waals surface area contributed by atoms with Gasteiger partial charge in [-0.2, -0.15) is 0 Å². The Bertz CT molecular complexity index is 1310. The number of hydrogen-bond donors (Lipinski definition) is 2. The fourth-order valence-corrected chi connectivity index (χ4v) is 4.40. The van der Waals surface area contributed by atoms with Crippen molar-refractivity contribution >= 4 is 50.5 Å². The molecule has 1 aliphatic heterocycles. The predicted molar refractivity (Wildman–Crippen MR) is 121 cm³/mol. The van der Waals surface area contributed by atoms with Crippen LogP contribution in [0, 0.1) is 5.82 Å². The Morgan fingerprint density at radius 2 is 1.62 bits per heavy atom. The van der Waals surface area contributed by atoms with Gasteiger partial charge < -0.3 is 10.6 Å². The molecule has 10 heteroatoms. The average Bonchev–Trinajstić information content (AvgIpc) is 2.76. The predicted octanol–water partition coefficient (Wildman–Crippen LogP) is 4.13. The second-order valence-corrected chi connectivity index (χ2v) is 9.47. The van der Waals surface area contributed by atoms with Gasteiger partial charge in [-0.25, -0.2) is 12.8 Å². The molecule has 0 aliphatic carbocycles. The van der Waals surface area contributed by atoms with E-state index in [0.717, 1.165) is 6.07 Å². The lowest BCUT2D eigenvalue weighted by atomic mass is 10.1. The van der Waals surface area contributed by atoms with Crippen LogP contribution in [0.25, 0.3) is 0 Å². The van der Waals surface area contributed by atoms with Crippen molar-refractivity contribution in [3.63, 3.8) is 0 Å². The fourth-order valence-electron chi connectivity index (χ4n) is 3.13. The molecule has 0 bridgehead atoms.